The molecular formula is C11H14N4. The second-order valence-electron chi connectivity index (χ2n) is 3.55. The number of hydrogen-bond acceptors (Lipinski definition) is 3. The number of hydrogen-bond donors (Lipinski definition) is 1. The number of rotatable bonds is 2. The van der Waals surface area contributed by atoms with Crippen LogP contribution in [0.25, 0.3) is 0 Å². The minimum Gasteiger partial charge on any atom is -0.324 e. The third-order valence-electron chi connectivity index (χ3n) is 2.26. The minimum atomic E-state index is 0.766. The van der Waals surface area contributed by atoms with Gasteiger partial charge < -0.3 is 5.32 Å². The van der Waals surface area contributed by atoms with E-state index in [-0.39, 0.29) is 0 Å². The van der Waals surface area contributed by atoms with Crippen LogP contribution in [0.3, 0.4) is 0 Å². The summed E-state index contributed by atoms with van der Waals surface area (Å²) < 4.78 is 1.74. The van der Waals surface area contributed by atoms with Crippen LogP contribution in [-0.2, 0) is 7.05 Å². The lowest BCUT2D eigenvalue weighted by Crippen LogP contribution is -2.01. The Kier molecular flexibility index (Phi) is 2.41. The van der Waals surface area contributed by atoms with Gasteiger partial charge in [-0.3, -0.25) is 0 Å². The van der Waals surface area contributed by atoms with E-state index in [9.17, 15) is 0 Å². The molecule has 0 saturated carbocycles. The highest BCUT2D eigenvalue weighted by molar-refractivity contribution is 5.57. The van der Waals surface area contributed by atoms with E-state index in [1.165, 1.54) is 5.56 Å². The molecule has 0 unspecified atom stereocenters. The molecule has 0 aliphatic heterocycles. The van der Waals surface area contributed by atoms with Gasteiger partial charge in [-0.2, -0.15) is 10.1 Å². The Bertz CT molecular complexity index is 473. The Balaban J connectivity index is 2.29. The molecular weight excluding hydrogens is 188 g/mol. The molecule has 0 spiro atoms. The molecule has 2 aromatic rings. The van der Waals surface area contributed by atoms with Crippen molar-refractivity contribution in [3.8, 4) is 0 Å². The van der Waals surface area contributed by atoms with Gasteiger partial charge in [-0.05, 0) is 25.5 Å². The summed E-state index contributed by atoms with van der Waals surface area (Å²) >= 11 is 0. The van der Waals surface area contributed by atoms with Gasteiger partial charge in [0.2, 0.25) is 5.95 Å². The summed E-state index contributed by atoms with van der Waals surface area (Å²) in [6, 6.07) is 8.10. The first-order valence-electron chi connectivity index (χ1n) is 4.87. The van der Waals surface area contributed by atoms with Gasteiger partial charge in [0.25, 0.3) is 0 Å². The Morgan fingerprint density at radius 1 is 1.20 bits per heavy atom. The summed E-state index contributed by atoms with van der Waals surface area (Å²) in [7, 11) is 1.88. The van der Waals surface area contributed by atoms with E-state index in [2.05, 4.69) is 28.4 Å². The topological polar surface area (TPSA) is 42.7 Å². The number of para-hydroxylation sites is 1. The molecule has 0 radical (unpaired) electrons. The zero-order chi connectivity index (χ0) is 10.8. The van der Waals surface area contributed by atoms with E-state index in [1.807, 2.05) is 32.2 Å². The van der Waals surface area contributed by atoms with Gasteiger partial charge in [-0.25, -0.2) is 4.68 Å². The highest BCUT2D eigenvalue weighted by Crippen LogP contribution is 2.17. The Hall–Kier alpha value is -1.84. The van der Waals surface area contributed by atoms with E-state index in [1.54, 1.807) is 4.68 Å². The van der Waals surface area contributed by atoms with Gasteiger partial charge in [0.05, 0.1) is 0 Å². The van der Waals surface area contributed by atoms with Crippen molar-refractivity contribution in [2.45, 2.75) is 13.8 Å². The molecule has 1 aromatic carbocycles. The van der Waals surface area contributed by atoms with Crippen LogP contribution in [0.1, 0.15) is 11.4 Å². The van der Waals surface area contributed by atoms with Crippen molar-refractivity contribution in [2.75, 3.05) is 5.32 Å². The Morgan fingerprint density at radius 3 is 2.53 bits per heavy atom. The summed E-state index contributed by atoms with van der Waals surface area (Å²) in [5, 5.41) is 7.43. The largest absolute Gasteiger partial charge is 0.324 e. The first-order chi connectivity index (χ1) is 7.16. The van der Waals surface area contributed by atoms with Gasteiger partial charge in [0.15, 0.2) is 0 Å². The molecule has 0 bridgehead atoms. The highest BCUT2D eigenvalue weighted by atomic mass is 15.4. The molecule has 0 amide bonds. The maximum absolute atomic E-state index is 4.29. The average Bonchev–Trinajstić information content (AvgIpc) is 2.49. The second-order valence-corrected chi connectivity index (χ2v) is 3.55. The minimum absolute atomic E-state index is 0.766. The molecule has 0 atom stereocenters. The standard InChI is InChI=1S/C11H14N4/c1-8-6-4-5-7-10(8)13-11-12-9(2)14-15(11)3/h4-7H,1-3H3,(H,12,13,14). The number of benzene rings is 1. The van der Waals surface area contributed by atoms with Crippen molar-refractivity contribution < 1.29 is 0 Å². The van der Waals surface area contributed by atoms with Crippen molar-refractivity contribution in [1.29, 1.82) is 0 Å². The fourth-order valence-corrected chi connectivity index (χ4v) is 1.45. The SMILES string of the molecule is Cc1nc(Nc2ccccc2C)n(C)n1. The smallest absolute Gasteiger partial charge is 0.225 e. The lowest BCUT2D eigenvalue weighted by molar-refractivity contribution is 0.764. The van der Waals surface area contributed by atoms with Gasteiger partial charge in [-0.15, -0.1) is 0 Å². The van der Waals surface area contributed by atoms with Crippen molar-refractivity contribution in [3.05, 3.63) is 35.7 Å². The van der Waals surface area contributed by atoms with E-state index >= 15 is 0 Å². The fourth-order valence-electron chi connectivity index (χ4n) is 1.45. The first-order valence-corrected chi connectivity index (χ1v) is 4.87. The van der Waals surface area contributed by atoms with E-state index < -0.39 is 0 Å². The van der Waals surface area contributed by atoms with Gasteiger partial charge in [0, 0.05) is 12.7 Å². The molecule has 4 heteroatoms. The van der Waals surface area contributed by atoms with Crippen LogP contribution in [-0.4, -0.2) is 14.8 Å². The zero-order valence-corrected chi connectivity index (χ0v) is 9.15. The van der Waals surface area contributed by atoms with Crippen LogP contribution >= 0.6 is 0 Å². The number of anilines is 2. The Labute approximate surface area is 89.0 Å². The highest BCUT2D eigenvalue weighted by Gasteiger charge is 2.04. The Morgan fingerprint density at radius 2 is 1.93 bits per heavy atom. The monoisotopic (exact) mass is 202 g/mol. The molecule has 2 rings (SSSR count). The van der Waals surface area contributed by atoms with Crippen molar-refractivity contribution in [2.24, 2.45) is 7.05 Å². The molecule has 0 saturated heterocycles. The van der Waals surface area contributed by atoms with E-state index in [4.69, 9.17) is 0 Å². The lowest BCUT2D eigenvalue weighted by Gasteiger charge is -2.07. The maximum atomic E-state index is 4.29. The molecule has 1 aromatic heterocycles. The van der Waals surface area contributed by atoms with Crippen LogP contribution in [0.2, 0.25) is 0 Å². The molecule has 0 aliphatic carbocycles. The van der Waals surface area contributed by atoms with Crippen molar-refractivity contribution in [1.82, 2.24) is 14.8 Å². The zero-order valence-electron chi connectivity index (χ0n) is 9.15. The molecule has 1 heterocycles. The molecule has 0 aliphatic rings. The molecule has 78 valence electrons. The number of aromatic nitrogens is 3. The number of aryl methyl sites for hydroxylation is 3. The van der Waals surface area contributed by atoms with Crippen LogP contribution < -0.4 is 5.32 Å². The number of nitrogens with zero attached hydrogens (tertiary/aromatic N) is 3. The van der Waals surface area contributed by atoms with E-state index in [0.29, 0.717) is 0 Å². The number of nitrogens with one attached hydrogen (secondary N) is 1. The van der Waals surface area contributed by atoms with Gasteiger partial charge in [0.1, 0.15) is 5.82 Å². The molecule has 0 fully saturated rings. The van der Waals surface area contributed by atoms with Crippen LogP contribution in [0.5, 0.6) is 0 Å². The van der Waals surface area contributed by atoms with Crippen molar-refractivity contribution in [3.63, 3.8) is 0 Å². The predicted molar refractivity (Wildman–Crippen MR) is 60.2 cm³/mol. The third kappa shape index (κ3) is 1.98. The first kappa shape index (κ1) is 9.71. The summed E-state index contributed by atoms with van der Waals surface area (Å²) in [5.41, 5.74) is 2.26. The summed E-state index contributed by atoms with van der Waals surface area (Å²) in [6.45, 7) is 3.94. The maximum Gasteiger partial charge on any atom is 0.225 e. The average molecular weight is 202 g/mol. The second kappa shape index (κ2) is 3.73. The van der Waals surface area contributed by atoms with Crippen LogP contribution in [0, 0.1) is 13.8 Å². The summed E-state index contributed by atoms with van der Waals surface area (Å²) in [5.74, 6) is 1.54. The molecule has 15 heavy (non-hydrogen) atoms. The quantitative estimate of drug-likeness (QED) is 0.811. The van der Waals surface area contributed by atoms with E-state index in [0.717, 1.165) is 17.5 Å². The molecule has 4 nitrogen and oxygen atoms in total. The summed E-state index contributed by atoms with van der Waals surface area (Å²) in [4.78, 5) is 4.29. The van der Waals surface area contributed by atoms with Crippen LogP contribution in [0.15, 0.2) is 24.3 Å². The molecule has 1 N–H and O–H groups in total. The van der Waals surface area contributed by atoms with Crippen LogP contribution in [0.4, 0.5) is 11.6 Å². The van der Waals surface area contributed by atoms with Crippen molar-refractivity contribution >= 4 is 11.6 Å². The third-order valence-corrected chi connectivity index (χ3v) is 2.26. The summed E-state index contributed by atoms with van der Waals surface area (Å²) in [6.07, 6.45) is 0. The van der Waals surface area contributed by atoms with Gasteiger partial charge in [-0.1, -0.05) is 18.2 Å². The fraction of sp³-hybridized carbons (Fsp3) is 0.273. The normalized spacial score (nSPS) is 10.3. The predicted octanol–water partition coefficient (Wildman–Crippen LogP) is 2.18. The lowest BCUT2D eigenvalue weighted by atomic mass is 10.2. The van der Waals surface area contributed by atoms with Gasteiger partial charge >= 0.3 is 0 Å².